The Kier molecular flexibility index (Phi) is 7.53. The van der Waals surface area contributed by atoms with Crippen LogP contribution < -0.4 is 0 Å². The fourth-order valence-electron chi connectivity index (χ4n) is 3.12. The molecule has 1 atom stereocenters. The van der Waals surface area contributed by atoms with Crippen LogP contribution in [0.2, 0.25) is 0 Å². The van der Waals surface area contributed by atoms with E-state index in [0.717, 1.165) is 5.56 Å². The Bertz CT molecular complexity index is 1190. The summed E-state index contributed by atoms with van der Waals surface area (Å²) in [6.45, 7) is 2.71. The predicted molar refractivity (Wildman–Crippen MR) is 122 cm³/mol. The van der Waals surface area contributed by atoms with E-state index in [1.165, 1.54) is 4.90 Å². The molecule has 1 N–H and O–H groups in total. The van der Waals surface area contributed by atoms with Gasteiger partial charge in [-0.25, -0.2) is 14.8 Å². The molecule has 0 aliphatic carbocycles. The highest BCUT2D eigenvalue weighted by molar-refractivity contribution is 5.89. The van der Waals surface area contributed by atoms with Gasteiger partial charge in [0.05, 0.1) is 12.3 Å². The van der Waals surface area contributed by atoms with Crippen molar-refractivity contribution in [3.05, 3.63) is 53.9 Å². The van der Waals surface area contributed by atoms with Gasteiger partial charge in [-0.15, -0.1) is 6.42 Å². The Morgan fingerprint density at radius 3 is 2.58 bits per heavy atom. The lowest BCUT2D eigenvalue weighted by Crippen LogP contribution is -2.24. The minimum absolute atomic E-state index is 0.148. The number of terminal acetylenes is 1. The van der Waals surface area contributed by atoms with Gasteiger partial charge in [-0.05, 0) is 37.6 Å². The third-order valence-corrected chi connectivity index (χ3v) is 4.87. The van der Waals surface area contributed by atoms with E-state index < -0.39 is 12.1 Å². The molecule has 1 aliphatic heterocycles. The van der Waals surface area contributed by atoms with Crippen LogP contribution in [-0.4, -0.2) is 67.9 Å². The molecule has 1 aromatic carbocycles. The van der Waals surface area contributed by atoms with Gasteiger partial charge < -0.3 is 14.7 Å². The number of ether oxygens (including phenoxy) is 1. The van der Waals surface area contributed by atoms with Crippen molar-refractivity contribution in [2.75, 3.05) is 20.2 Å². The summed E-state index contributed by atoms with van der Waals surface area (Å²) in [5.41, 5.74) is 2.80. The molecule has 1 unspecified atom stereocenters. The number of hydrogen-bond acceptors (Lipinski definition) is 7. The molecule has 0 radical (unpaired) electrons. The number of likely N-dealkylation sites (N-methyl/N-ethyl adjacent to an activating group) is 1. The maximum absolute atomic E-state index is 12.2. The van der Waals surface area contributed by atoms with Crippen LogP contribution in [0, 0.1) is 12.3 Å². The number of carbonyl (C=O) groups excluding carboxylic acids is 2. The Morgan fingerprint density at radius 1 is 1.24 bits per heavy atom. The predicted octanol–water partition coefficient (Wildman–Crippen LogP) is 1.91. The summed E-state index contributed by atoms with van der Waals surface area (Å²) in [6.07, 6.45) is 7.14. The van der Waals surface area contributed by atoms with E-state index in [2.05, 4.69) is 21.0 Å². The SMILES string of the molecule is C#Cc1cccc(-c2nc(C(=O)OCC)cc(-c3ccn(C)n3)n2)c1.CN1CCC(O)C1=O. The average molecular weight is 447 g/mol. The number of esters is 1. The summed E-state index contributed by atoms with van der Waals surface area (Å²) < 4.78 is 6.74. The van der Waals surface area contributed by atoms with Crippen LogP contribution in [0.4, 0.5) is 0 Å². The Hall–Kier alpha value is -4.03. The molecule has 1 saturated heterocycles. The first-order valence-corrected chi connectivity index (χ1v) is 10.4. The van der Waals surface area contributed by atoms with Crippen LogP contribution in [0.3, 0.4) is 0 Å². The van der Waals surface area contributed by atoms with Crippen LogP contribution in [0.5, 0.6) is 0 Å². The fourth-order valence-corrected chi connectivity index (χ4v) is 3.12. The lowest BCUT2D eigenvalue weighted by molar-refractivity contribution is -0.133. The third kappa shape index (κ3) is 5.81. The second-order valence-electron chi connectivity index (χ2n) is 7.35. The number of carbonyl (C=O) groups is 2. The number of aliphatic hydroxyl groups is 1. The van der Waals surface area contributed by atoms with Crippen molar-refractivity contribution in [1.29, 1.82) is 0 Å². The van der Waals surface area contributed by atoms with Gasteiger partial charge in [-0.2, -0.15) is 5.10 Å². The molecule has 1 amide bonds. The van der Waals surface area contributed by atoms with E-state index in [0.29, 0.717) is 35.7 Å². The normalized spacial score (nSPS) is 14.9. The smallest absolute Gasteiger partial charge is 0.357 e. The lowest BCUT2D eigenvalue weighted by Gasteiger charge is -2.07. The quantitative estimate of drug-likeness (QED) is 0.480. The topological polar surface area (TPSA) is 110 Å². The highest BCUT2D eigenvalue weighted by atomic mass is 16.5. The van der Waals surface area contributed by atoms with Gasteiger partial charge in [0.25, 0.3) is 5.91 Å². The maximum atomic E-state index is 12.2. The standard InChI is InChI=1S/C19H16N4O2.C5H9NO2/c1-4-13-7-6-8-14(11-13)18-20-16(15-9-10-23(3)22-15)12-17(21-18)19(24)25-5-2;1-6-3-2-4(7)5(6)8/h1,6-12H,5H2,2-3H3;4,7H,2-3H2,1H3. The molecule has 0 spiro atoms. The molecule has 3 aromatic rings. The van der Waals surface area contributed by atoms with Crippen LogP contribution >= 0.6 is 0 Å². The second-order valence-corrected chi connectivity index (χ2v) is 7.35. The van der Waals surface area contributed by atoms with E-state index in [4.69, 9.17) is 16.3 Å². The van der Waals surface area contributed by atoms with Crippen LogP contribution in [-0.2, 0) is 16.6 Å². The number of hydrogen-bond donors (Lipinski definition) is 1. The average Bonchev–Trinajstić information content (AvgIpc) is 3.40. The first kappa shape index (κ1) is 23.6. The van der Waals surface area contributed by atoms with Gasteiger partial charge in [0.15, 0.2) is 11.5 Å². The number of rotatable bonds is 4. The van der Waals surface area contributed by atoms with Crippen molar-refractivity contribution in [1.82, 2.24) is 24.6 Å². The molecular formula is C24H25N5O4. The van der Waals surface area contributed by atoms with Gasteiger partial charge in [-0.3, -0.25) is 9.48 Å². The second kappa shape index (κ2) is 10.5. The summed E-state index contributed by atoms with van der Waals surface area (Å²) in [4.78, 5) is 33.2. The zero-order chi connectivity index (χ0) is 24.0. The van der Waals surface area contributed by atoms with Crippen molar-refractivity contribution >= 4 is 11.9 Å². The number of likely N-dealkylation sites (tertiary alicyclic amines) is 1. The number of aliphatic hydroxyl groups excluding tert-OH is 1. The monoisotopic (exact) mass is 447 g/mol. The Balaban J connectivity index is 0.000000323. The summed E-state index contributed by atoms with van der Waals surface area (Å²) in [7, 11) is 3.51. The van der Waals surface area contributed by atoms with Gasteiger partial charge in [0, 0.05) is 38.0 Å². The minimum Gasteiger partial charge on any atom is -0.461 e. The van der Waals surface area contributed by atoms with Crippen molar-refractivity contribution in [2.45, 2.75) is 19.4 Å². The van der Waals surface area contributed by atoms with Crippen LogP contribution in [0.25, 0.3) is 22.8 Å². The fraction of sp³-hybridized carbons (Fsp3) is 0.292. The van der Waals surface area contributed by atoms with Gasteiger partial charge in [0.1, 0.15) is 11.8 Å². The van der Waals surface area contributed by atoms with Crippen LogP contribution in [0.1, 0.15) is 29.4 Å². The number of aromatic nitrogens is 4. The molecule has 1 aliphatic rings. The summed E-state index contributed by atoms with van der Waals surface area (Å²) in [5, 5.41) is 13.1. The Labute approximate surface area is 192 Å². The highest BCUT2D eigenvalue weighted by Gasteiger charge is 2.26. The molecule has 0 bridgehead atoms. The molecular weight excluding hydrogens is 422 g/mol. The molecule has 9 nitrogen and oxygen atoms in total. The van der Waals surface area contributed by atoms with Crippen molar-refractivity contribution in [3.63, 3.8) is 0 Å². The highest BCUT2D eigenvalue weighted by Crippen LogP contribution is 2.22. The number of benzene rings is 1. The molecule has 0 saturated carbocycles. The molecule has 3 heterocycles. The Morgan fingerprint density at radius 2 is 2.03 bits per heavy atom. The zero-order valence-corrected chi connectivity index (χ0v) is 18.7. The first-order chi connectivity index (χ1) is 15.8. The summed E-state index contributed by atoms with van der Waals surface area (Å²) >= 11 is 0. The van der Waals surface area contributed by atoms with E-state index in [9.17, 15) is 9.59 Å². The maximum Gasteiger partial charge on any atom is 0.357 e. The number of aryl methyl sites for hydroxylation is 1. The van der Waals surface area contributed by atoms with Crippen molar-refractivity contribution in [2.24, 2.45) is 7.05 Å². The number of amides is 1. The molecule has 170 valence electrons. The van der Waals surface area contributed by atoms with Gasteiger partial charge >= 0.3 is 5.97 Å². The molecule has 9 heteroatoms. The van der Waals surface area contributed by atoms with Crippen molar-refractivity contribution in [3.8, 4) is 35.1 Å². The molecule has 1 fully saturated rings. The third-order valence-electron chi connectivity index (χ3n) is 4.87. The van der Waals surface area contributed by atoms with Crippen molar-refractivity contribution < 1.29 is 19.4 Å². The zero-order valence-electron chi connectivity index (χ0n) is 18.7. The van der Waals surface area contributed by atoms with E-state index in [1.807, 2.05) is 31.3 Å². The van der Waals surface area contributed by atoms with E-state index in [-0.39, 0.29) is 18.2 Å². The minimum atomic E-state index is -0.722. The first-order valence-electron chi connectivity index (χ1n) is 10.4. The molecule has 2 aromatic heterocycles. The van der Waals surface area contributed by atoms with Crippen LogP contribution in [0.15, 0.2) is 42.6 Å². The number of nitrogens with zero attached hydrogens (tertiary/aromatic N) is 5. The van der Waals surface area contributed by atoms with Gasteiger partial charge in [0.2, 0.25) is 0 Å². The summed E-state index contributed by atoms with van der Waals surface area (Å²) in [6, 6.07) is 10.7. The van der Waals surface area contributed by atoms with E-state index >= 15 is 0 Å². The summed E-state index contributed by atoms with van der Waals surface area (Å²) in [5.74, 6) is 2.32. The largest absolute Gasteiger partial charge is 0.461 e. The molecule has 33 heavy (non-hydrogen) atoms. The van der Waals surface area contributed by atoms with Gasteiger partial charge in [-0.1, -0.05) is 18.1 Å². The molecule has 4 rings (SSSR count). The van der Waals surface area contributed by atoms with E-state index in [1.54, 1.807) is 37.0 Å². The lowest BCUT2D eigenvalue weighted by atomic mass is 10.1.